The first kappa shape index (κ1) is 19.8. The molecule has 0 aliphatic carbocycles. The van der Waals surface area contributed by atoms with Gasteiger partial charge in [-0.1, -0.05) is 23.2 Å². The Morgan fingerprint density at radius 1 is 1.03 bits per heavy atom. The number of nitrogens with two attached hydrogens (primary N) is 1. The maximum Gasteiger partial charge on any atom is 0.220 e. The van der Waals surface area contributed by atoms with Crippen molar-refractivity contribution in [3.8, 4) is 22.8 Å². The van der Waals surface area contributed by atoms with Crippen LogP contribution in [0.1, 0.15) is 0 Å². The van der Waals surface area contributed by atoms with Crippen LogP contribution in [-0.2, 0) is 4.74 Å². The predicted octanol–water partition coefficient (Wildman–Crippen LogP) is 3.43. The monoisotopic (exact) mass is 435 g/mol. The van der Waals surface area contributed by atoms with Crippen molar-refractivity contribution >= 4 is 45.9 Å². The van der Waals surface area contributed by atoms with Crippen LogP contribution in [0.3, 0.4) is 0 Å². The lowest BCUT2D eigenvalue weighted by Gasteiger charge is -2.39. The molecule has 3 aromatic rings. The Balaban J connectivity index is 1.95. The highest BCUT2D eigenvalue weighted by Gasteiger charge is 2.30. The third-order valence-electron chi connectivity index (χ3n) is 4.88. The van der Waals surface area contributed by atoms with E-state index in [1.165, 1.54) is 14.2 Å². The van der Waals surface area contributed by atoms with Gasteiger partial charge >= 0.3 is 0 Å². The van der Waals surface area contributed by atoms with E-state index < -0.39 is 0 Å². The van der Waals surface area contributed by atoms with Gasteiger partial charge < -0.3 is 24.8 Å². The summed E-state index contributed by atoms with van der Waals surface area (Å²) in [6, 6.07) is 3.45. The van der Waals surface area contributed by atoms with Gasteiger partial charge in [0.25, 0.3) is 0 Å². The Morgan fingerprint density at radius 2 is 1.69 bits per heavy atom. The fourth-order valence-corrected chi connectivity index (χ4v) is 3.95. The zero-order valence-corrected chi connectivity index (χ0v) is 17.6. The molecule has 152 valence electrons. The minimum Gasteiger partial charge on any atom is -0.495 e. The van der Waals surface area contributed by atoms with E-state index >= 15 is 0 Å². The van der Waals surface area contributed by atoms with Gasteiger partial charge in [-0.15, -0.1) is 0 Å². The lowest BCUT2D eigenvalue weighted by atomic mass is 10.1. The van der Waals surface area contributed by atoms with Gasteiger partial charge in [0, 0.05) is 43.4 Å². The van der Waals surface area contributed by atoms with E-state index in [0.717, 1.165) is 5.39 Å². The van der Waals surface area contributed by atoms with E-state index in [0.29, 0.717) is 57.2 Å². The van der Waals surface area contributed by atoms with Crippen LogP contribution in [0.2, 0.25) is 10.0 Å². The Morgan fingerprint density at radius 3 is 2.28 bits per heavy atom. The summed E-state index contributed by atoms with van der Waals surface area (Å²) in [6.07, 6.45) is 1.79. The summed E-state index contributed by atoms with van der Waals surface area (Å²) in [5, 5.41) is 1.44. The Labute approximate surface area is 177 Å². The topological polar surface area (TPSA) is 95.6 Å². The fraction of sp³-hybridized carbons (Fsp3) is 0.316. The number of nitrogen functional groups attached to an aromatic ring is 1. The van der Waals surface area contributed by atoms with Crippen molar-refractivity contribution in [1.82, 2.24) is 15.0 Å². The number of halogens is 2. The number of ether oxygens (including phenoxy) is 3. The van der Waals surface area contributed by atoms with Crippen LogP contribution in [0.25, 0.3) is 22.2 Å². The molecule has 0 unspecified atom stereocenters. The minimum atomic E-state index is 0.138. The number of nitrogens with zero attached hydrogens (tertiary/aromatic N) is 4. The molecule has 29 heavy (non-hydrogen) atoms. The molecule has 1 saturated heterocycles. The molecule has 0 bridgehead atoms. The van der Waals surface area contributed by atoms with Crippen LogP contribution < -0.4 is 20.1 Å². The SMILES string of the molecule is COc1cc(OC)c(Cl)c(-c2cc3cnc(N)nc3c(N3CC(OC)C3)n2)c1Cl. The standard InChI is InChI=1S/C19H19Cl2N5O3/c1-27-10-7-26(8-10)18-17-9(6-23-19(22)25-17)4-11(24-18)14-15(20)12(28-2)5-13(29-3)16(14)21/h4-6,10H,7-8H2,1-3H3,(H2,22,23,25). The summed E-state index contributed by atoms with van der Waals surface area (Å²) in [7, 11) is 4.74. The van der Waals surface area contributed by atoms with E-state index in [2.05, 4.69) is 14.9 Å². The first-order valence-corrected chi connectivity index (χ1v) is 9.53. The van der Waals surface area contributed by atoms with Gasteiger partial charge in [-0.2, -0.15) is 0 Å². The first-order chi connectivity index (χ1) is 14.0. The lowest BCUT2D eigenvalue weighted by Crippen LogP contribution is -2.52. The highest BCUT2D eigenvalue weighted by atomic mass is 35.5. The summed E-state index contributed by atoms with van der Waals surface area (Å²) in [5.74, 6) is 1.71. The highest BCUT2D eigenvalue weighted by Crippen LogP contribution is 2.46. The third-order valence-corrected chi connectivity index (χ3v) is 5.63. The van der Waals surface area contributed by atoms with Crippen molar-refractivity contribution in [2.24, 2.45) is 0 Å². The molecule has 1 aliphatic heterocycles. The van der Waals surface area contributed by atoms with Crippen molar-refractivity contribution in [3.05, 3.63) is 28.4 Å². The van der Waals surface area contributed by atoms with Crippen LogP contribution in [0.4, 0.5) is 11.8 Å². The van der Waals surface area contributed by atoms with Crippen molar-refractivity contribution in [1.29, 1.82) is 0 Å². The molecule has 4 rings (SSSR count). The second kappa shape index (κ2) is 7.70. The minimum absolute atomic E-state index is 0.138. The Kier molecular flexibility index (Phi) is 5.24. The fourth-order valence-electron chi connectivity index (χ4n) is 3.26. The summed E-state index contributed by atoms with van der Waals surface area (Å²) < 4.78 is 16.1. The summed E-state index contributed by atoms with van der Waals surface area (Å²) in [5.41, 5.74) is 7.52. The largest absolute Gasteiger partial charge is 0.495 e. The van der Waals surface area contributed by atoms with E-state index in [1.54, 1.807) is 19.4 Å². The predicted molar refractivity (Wildman–Crippen MR) is 113 cm³/mol. The molecule has 2 aromatic heterocycles. The summed E-state index contributed by atoms with van der Waals surface area (Å²) in [4.78, 5) is 15.4. The van der Waals surface area contributed by atoms with Crippen LogP contribution in [0.15, 0.2) is 18.3 Å². The molecule has 1 aromatic carbocycles. The quantitative estimate of drug-likeness (QED) is 0.650. The number of anilines is 2. The molecule has 0 spiro atoms. The number of fused-ring (bicyclic) bond motifs is 1. The van der Waals surface area contributed by atoms with Gasteiger partial charge in [0.1, 0.15) is 17.0 Å². The number of aromatic nitrogens is 3. The molecule has 1 fully saturated rings. The molecule has 0 amide bonds. The van der Waals surface area contributed by atoms with Crippen molar-refractivity contribution in [3.63, 3.8) is 0 Å². The molecule has 10 heteroatoms. The molecule has 8 nitrogen and oxygen atoms in total. The van der Waals surface area contributed by atoms with Crippen molar-refractivity contribution in [2.45, 2.75) is 6.10 Å². The molecular formula is C19H19Cl2N5O3. The van der Waals surface area contributed by atoms with Gasteiger partial charge in [0.05, 0.1) is 36.1 Å². The second-order valence-corrected chi connectivity index (χ2v) is 7.30. The van der Waals surface area contributed by atoms with Crippen molar-refractivity contribution < 1.29 is 14.2 Å². The summed E-state index contributed by atoms with van der Waals surface area (Å²) >= 11 is 13.2. The van der Waals surface area contributed by atoms with Gasteiger partial charge in [-0.05, 0) is 6.07 Å². The van der Waals surface area contributed by atoms with Gasteiger partial charge in [0.2, 0.25) is 5.95 Å². The number of hydrogen-bond donors (Lipinski definition) is 1. The average Bonchev–Trinajstić information content (AvgIpc) is 2.68. The van der Waals surface area contributed by atoms with E-state index in [9.17, 15) is 0 Å². The third kappa shape index (κ3) is 3.37. The molecule has 0 saturated carbocycles. The molecule has 3 heterocycles. The smallest absolute Gasteiger partial charge is 0.220 e. The highest BCUT2D eigenvalue weighted by molar-refractivity contribution is 6.41. The normalized spacial score (nSPS) is 14.2. The first-order valence-electron chi connectivity index (χ1n) is 8.78. The molecular weight excluding hydrogens is 417 g/mol. The molecule has 2 N–H and O–H groups in total. The van der Waals surface area contributed by atoms with E-state index in [4.69, 9.17) is 48.1 Å². The number of benzene rings is 1. The molecule has 0 atom stereocenters. The number of methoxy groups -OCH3 is 3. The number of hydrogen-bond acceptors (Lipinski definition) is 8. The molecule has 0 radical (unpaired) electrons. The maximum atomic E-state index is 6.59. The summed E-state index contributed by atoms with van der Waals surface area (Å²) in [6.45, 7) is 1.38. The van der Waals surface area contributed by atoms with E-state index in [1.807, 2.05) is 6.07 Å². The number of pyridine rings is 1. The zero-order valence-electron chi connectivity index (χ0n) is 16.1. The average molecular weight is 436 g/mol. The van der Waals surface area contributed by atoms with Gasteiger partial charge in [0.15, 0.2) is 5.82 Å². The second-order valence-electron chi connectivity index (χ2n) is 6.54. The van der Waals surface area contributed by atoms with Crippen LogP contribution in [0.5, 0.6) is 11.5 Å². The van der Waals surface area contributed by atoms with Crippen LogP contribution >= 0.6 is 23.2 Å². The Hall–Kier alpha value is -2.55. The van der Waals surface area contributed by atoms with Gasteiger partial charge in [-0.25, -0.2) is 15.0 Å². The zero-order chi connectivity index (χ0) is 20.7. The van der Waals surface area contributed by atoms with Crippen LogP contribution in [0, 0.1) is 0 Å². The number of rotatable bonds is 5. The lowest BCUT2D eigenvalue weighted by molar-refractivity contribution is 0.0785. The van der Waals surface area contributed by atoms with Gasteiger partial charge in [-0.3, -0.25) is 0 Å². The van der Waals surface area contributed by atoms with E-state index in [-0.39, 0.29) is 12.1 Å². The maximum absolute atomic E-state index is 6.59. The Bertz CT molecular complexity index is 1060. The van der Waals surface area contributed by atoms with Crippen molar-refractivity contribution in [2.75, 3.05) is 45.1 Å². The van der Waals surface area contributed by atoms with Crippen LogP contribution in [-0.4, -0.2) is 55.5 Å². The molecule has 1 aliphatic rings.